The molecule has 0 saturated heterocycles. The number of carbonyl (C=O) groups excluding carboxylic acids is 1. The van der Waals surface area contributed by atoms with Crippen LogP contribution in [0.25, 0.3) is 0 Å². The van der Waals surface area contributed by atoms with Crippen molar-refractivity contribution in [1.82, 2.24) is 14.8 Å². The minimum absolute atomic E-state index is 0.0269. The molecule has 6 heteroatoms. The van der Waals surface area contributed by atoms with Gasteiger partial charge >= 0.3 is 5.97 Å². The molecule has 94 valence electrons. The van der Waals surface area contributed by atoms with Crippen molar-refractivity contribution in [3.05, 3.63) is 41.9 Å². The maximum atomic E-state index is 11.5. The van der Waals surface area contributed by atoms with Crippen LogP contribution in [0.1, 0.15) is 20.2 Å². The van der Waals surface area contributed by atoms with Crippen LogP contribution in [0.5, 0.6) is 5.88 Å². The number of ether oxygens (including phenoxy) is 2. The lowest BCUT2D eigenvalue weighted by Crippen LogP contribution is -2.08. The Hall–Kier alpha value is -2.37. The molecule has 0 aromatic carbocycles. The van der Waals surface area contributed by atoms with E-state index in [1.165, 1.54) is 13.2 Å². The fourth-order valence-electron chi connectivity index (χ4n) is 1.46. The summed E-state index contributed by atoms with van der Waals surface area (Å²) in [5.74, 6) is -0.815. The number of hydrogen-bond donors (Lipinski definition) is 0. The number of nitrogens with zero attached hydrogens (tertiary/aromatic N) is 3. The van der Waals surface area contributed by atoms with Crippen molar-refractivity contribution < 1.29 is 18.4 Å². The Morgan fingerprint density at radius 3 is 3.11 bits per heavy atom. The Labute approximate surface area is 108 Å². The molecule has 18 heavy (non-hydrogen) atoms. The molecule has 2 aromatic rings. The van der Waals surface area contributed by atoms with Crippen LogP contribution in [0.15, 0.2) is 30.6 Å². The highest BCUT2D eigenvalue weighted by molar-refractivity contribution is 5.87. The highest BCUT2D eigenvalue weighted by Crippen LogP contribution is 2.17. The van der Waals surface area contributed by atoms with Gasteiger partial charge in [0.25, 0.3) is 0 Å². The molecule has 0 aliphatic rings. The molecule has 0 spiro atoms. The topological polar surface area (TPSA) is 66.2 Å². The van der Waals surface area contributed by atoms with Gasteiger partial charge in [0.2, 0.25) is 5.88 Å². The van der Waals surface area contributed by atoms with Crippen molar-refractivity contribution in [2.45, 2.75) is 6.54 Å². The third kappa shape index (κ3) is 2.48. The van der Waals surface area contributed by atoms with Gasteiger partial charge in [0.15, 0.2) is 5.69 Å². The first-order valence-corrected chi connectivity index (χ1v) is 5.14. The number of esters is 1. The fourth-order valence-corrected chi connectivity index (χ4v) is 1.46. The fraction of sp³-hybridized carbons (Fsp3) is 0.250. The lowest BCUT2D eigenvalue weighted by atomic mass is 10.2. The third-order valence-electron chi connectivity index (χ3n) is 2.32. The Morgan fingerprint density at radius 2 is 2.44 bits per heavy atom. The van der Waals surface area contributed by atoms with Crippen molar-refractivity contribution in [1.29, 1.82) is 0 Å². The second-order valence-corrected chi connectivity index (χ2v) is 3.46. The molecule has 0 fully saturated rings. The zero-order valence-electron chi connectivity index (χ0n) is 12.7. The average molecular weight is 250 g/mol. The van der Waals surface area contributed by atoms with E-state index in [9.17, 15) is 4.79 Å². The Balaban J connectivity index is 2.36. The average Bonchev–Trinajstić information content (AvgIpc) is 2.91. The normalized spacial score (nSPS) is 13.3. The molecule has 2 aromatic heterocycles. The van der Waals surface area contributed by atoms with Gasteiger partial charge in [-0.1, -0.05) is 0 Å². The minimum atomic E-state index is -2.67. The third-order valence-corrected chi connectivity index (χ3v) is 2.32. The summed E-state index contributed by atoms with van der Waals surface area (Å²) in [6.07, 6.45) is 3.31. The van der Waals surface area contributed by atoms with E-state index in [1.807, 2.05) is 0 Å². The molecule has 0 bridgehead atoms. The molecule has 0 atom stereocenters. The van der Waals surface area contributed by atoms with Crippen molar-refractivity contribution >= 4 is 5.97 Å². The Kier molecular flexibility index (Phi) is 2.56. The summed E-state index contributed by atoms with van der Waals surface area (Å²) in [5.41, 5.74) is 0.462. The number of aromatic nitrogens is 3. The molecule has 0 saturated carbocycles. The van der Waals surface area contributed by atoms with E-state index < -0.39 is 13.0 Å². The molecular weight excluding hydrogens is 234 g/mol. The van der Waals surface area contributed by atoms with Gasteiger partial charge in [-0.2, -0.15) is 5.10 Å². The van der Waals surface area contributed by atoms with E-state index in [0.29, 0.717) is 5.56 Å². The maximum absolute atomic E-state index is 11.5. The van der Waals surface area contributed by atoms with Gasteiger partial charge in [-0.05, 0) is 18.2 Å². The quantitative estimate of drug-likeness (QED) is 0.761. The highest BCUT2D eigenvalue weighted by atomic mass is 16.5. The zero-order chi connectivity index (χ0) is 15.5. The first-order chi connectivity index (χ1) is 9.89. The Morgan fingerprint density at radius 1 is 1.56 bits per heavy atom. The van der Waals surface area contributed by atoms with Gasteiger partial charge in [0, 0.05) is 18.0 Å². The molecule has 0 N–H and O–H groups in total. The van der Waals surface area contributed by atoms with E-state index in [1.54, 1.807) is 29.2 Å². The summed E-state index contributed by atoms with van der Waals surface area (Å²) in [6.45, 7) is 0.271. The largest absolute Gasteiger partial charge is 0.481 e. The standard InChI is InChI=1S/C12H13N3O3/c1-17-11-9(8-15-7-3-6-13-15)4-5-10(14-11)12(16)18-2/h3-7H,8H2,1-2H3/i1D3. The van der Waals surface area contributed by atoms with Crippen molar-refractivity contribution in [3.63, 3.8) is 0 Å². The van der Waals surface area contributed by atoms with Crippen LogP contribution < -0.4 is 4.74 Å². The van der Waals surface area contributed by atoms with Crippen LogP contribution >= 0.6 is 0 Å². The van der Waals surface area contributed by atoms with Crippen LogP contribution in [0.4, 0.5) is 0 Å². The maximum Gasteiger partial charge on any atom is 0.356 e. The molecule has 0 amide bonds. The summed E-state index contributed by atoms with van der Waals surface area (Å²) in [7, 11) is -1.45. The van der Waals surface area contributed by atoms with Gasteiger partial charge in [-0.3, -0.25) is 4.68 Å². The SMILES string of the molecule is [2H]C([2H])([2H])Oc1nc(C(=O)OC)ccc1Cn1cccn1. The van der Waals surface area contributed by atoms with Crippen molar-refractivity contribution in [2.75, 3.05) is 14.1 Å². The summed E-state index contributed by atoms with van der Waals surface area (Å²) < 4.78 is 32.5. The van der Waals surface area contributed by atoms with Gasteiger partial charge in [-0.15, -0.1) is 0 Å². The lowest BCUT2D eigenvalue weighted by molar-refractivity contribution is 0.0593. The van der Waals surface area contributed by atoms with Gasteiger partial charge in [-0.25, -0.2) is 9.78 Å². The predicted molar refractivity (Wildman–Crippen MR) is 63.5 cm³/mol. The monoisotopic (exact) mass is 250 g/mol. The molecule has 0 radical (unpaired) electrons. The molecule has 6 nitrogen and oxygen atoms in total. The van der Waals surface area contributed by atoms with Crippen LogP contribution in [0, 0.1) is 0 Å². The second kappa shape index (κ2) is 5.31. The number of methoxy groups -OCH3 is 2. The highest BCUT2D eigenvalue weighted by Gasteiger charge is 2.12. The summed E-state index contributed by atoms with van der Waals surface area (Å²) in [4.78, 5) is 15.4. The van der Waals surface area contributed by atoms with Crippen molar-refractivity contribution in [2.24, 2.45) is 0 Å². The lowest BCUT2D eigenvalue weighted by Gasteiger charge is -2.08. The molecule has 0 unspecified atom stereocenters. The van der Waals surface area contributed by atoms with Crippen LogP contribution in [0.3, 0.4) is 0 Å². The summed E-state index contributed by atoms with van der Waals surface area (Å²) >= 11 is 0. The van der Waals surface area contributed by atoms with Gasteiger partial charge in [0.1, 0.15) is 0 Å². The van der Waals surface area contributed by atoms with Crippen molar-refractivity contribution in [3.8, 4) is 5.88 Å². The molecule has 2 heterocycles. The Bertz CT molecular complexity index is 626. The molecule has 0 aliphatic carbocycles. The summed E-state index contributed by atoms with van der Waals surface area (Å²) in [5, 5.41) is 4.02. The first kappa shape index (κ1) is 8.68. The smallest absolute Gasteiger partial charge is 0.356 e. The zero-order valence-corrected chi connectivity index (χ0v) is 9.66. The number of rotatable bonds is 4. The number of pyridine rings is 1. The van der Waals surface area contributed by atoms with E-state index in [2.05, 4.69) is 14.8 Å². The van der Waals surface area contributed by atoms with E-state index in [-0.39, 0.29) is 18.1 Å². The minimum Gasteiger partial charge on any atom is -0.481 e. The summed E-state index contributed by atoms with van der Waals surface area (Å²) in [6, 6.07) is 4.74. The predicted octanol–water partition coefficient (Wildman–Crippen LogP) is 1.12. The van der Waals surface area contributed by atoms with Gasteiger partial charge < -0.3 is 9.47 Å². The van der Waals surface area contributed by atoms with E-state index in [0.717, 1.165) is 0 Å². The number of carbonyl (C=O) groups is 1. The van der Waals surface area contributed by atoms with E-state index >= 15 is 0 Å². The molecular formula is C12H13N3O3. The molecule has 0 aliphatic heterocycles. The van der Waals surface area contributed by atoms with Crippen LogP contribution in [-0.2, 0) is 11.3 Å². The van der Waals surface area contributed by atoms with E-state index in [4.69, 9.17) is 8.85 Å². The first-order valence-electron chi connectivity index (χ1n) is 6.64. The van der Waals surface area contributed by atoms with Gasteiger partial charge in [0.05, 0.1) is 24.8 Å². The second-order valence-electron chi connectivity index (χ2n) is 3.46. The van der Waals surface area contributed by atoms with Crippen LogP contribution in [0.2, 0.25) is 0 Å². The van der Waals surface area contributed by atoms with Crippen LogP contribution in [-0.4, -0.2) is 34.9 Å². The number of hydrogen-bond acceptors (Lipinski definition) is 5. The molecule has 2 rings (SSSR count).